The van der Waals surface area contributed by atoms with Gasteiger partial charge in [-0.2, -0.15) is 0 Å². The molecule has 0 saturated carbocycles. The van der Waals surface area contributed by atoms with E-state index >= 15 is 0 Å². The molecule has 1 aromatic heterocycles. The molecule has 1 heterocycles. The van der Waals surface area contributed by atoms with Gasteiger partial charge in [0.05, 0.1) is 24.3 Å². The van der Waals surface area contributed by atoms with Gasteiger partial charge in [-0.05, 0) is 18.9 Å². The van der Waals surface area contributed by atoms with Crippen molar-refractivity contribution in [3.8, 4) is 0 Å². The maximum Gasteiger partial charge on any atom is 0.339 e. The average molecular weight is 644 g/mol. The molecule has 5 heteroatoms. The summed E-state index contributed by atoms with van der Waals surface area (Å²) in [5, 5.41) is 0. The van der Waals surface area contributed by atoms with Crippen molar-refractivity contribution in [2.24, 2.45) is 0 Å². The van der Waals surface area contributed by atoms with Gasteiger partial charge in [-0.3, -0.25) is 4.98 Å². The molecule has 0 amide bonds. The van der Waals surface area contributed by atoms with Gasteiger partial charge in [0.15, 0.2) is 0 Å². The van der Waals surface area contributed by atoms with Crippen molar-refractivity contribution in [1.29, 1.82) is 0 Å². The van der Waals surface area contributed by atoms with Crippen molar-refractivity contribution >= 4 is 11.9 Å². The number of unbranched alkanes of at least 4 members (excludes halogenated alkanes) is 28. The van der Waals surface area contributed by atoms with Crippen LogP contribution in [0.3, 0.4) is 0 Å². The molecule has 0 atom stereocenters. The molecule has 5 nitrogen and oxygen atoms in total. The minimum atomic E-state index is -0.421. The zero-order valence-corrected chi connectivity index (χ0v) is 30.4. The van der Waals surface area contributed by atoms with E-state index < -0.39 is 11.9 Å². The zero-order valence-electron chi connectivity index (χ0n) is 30.4. The summed E-state index contributed by atoms with van der Waals surface area (Å²) in [4.78, 5) is 29.0. The number of aromatic nitrogens is 1. The second kappa shape index (κ2) is 33.0. The fraction of sp³-hybridized carbons (Fsp3) is 0.829. The lowest BCUT2D eigenvalue weighted by atomic mass is 10.0. The molecule has 1 aromatic rings. The first-order valence-electron chi connectivity index (χ1n) is 20.0. The topological polar surface area (TPSA) is 65.5 Å². The minimum absolute atomic E-state index is 0.308. The molecule has 0 unspecified atom stereocenters. The second-order valence-corrected chi connectivity index (χ2v) is 13.6. The smallest absolute Gasteiger partial charge is 0.339 e. The van der Waals surface area contributed by atoms with Gasteiger partial charge in [0.1, 0.15) is 0 Å². The maximum atomic E-state index is 12.5. The van der Waals surface area contributed by atoms with Gasteiger partial charge in [-0.25, -0.2) is 9.59 Å². The quantitative estimate of drug-likeness (QED) is 0.0552. The summed E-state index contributed by atoms with van der Waals surface area (Å²) < 4.78 is 10.9. The summed E-state index contributed by atoms with van der Waals surface area (Å²) in [7, 11) is 0. The molecular weight excluding hydrogens is 570 g/mol. The number of esters is 2. The Morgan fingerprint density at radius 3 is 0.913 bits per heavy atom. The Kier molecular flexibility index (Phi) is 30.2. The zero-order chi connectivity index (χ0) is 33.2. The third-order valence-electron chi connectivity index (χ3n) is 9.17. The lowest BCUT2D eigenvalue weighted by Crippen LogP contribution is -2.11. The largest absolute Gasteiger partial charge is 0.462 e. The van der Waals surface area contributed by atoms with Gasteiger partial charge >= 0.3 is 11.9 Å². The summed E-state index contributed by atoms with van der Waals surface area (Å²) in [5.74, 6) is -0.843. The molecule has 0 aliphatic carbocycles. The molecule has 0 N–H and O–H groups in total. The van der Waals surface area contributed by atoms with E-state index in [2.05, 4.69) is 18.8 Å². The summed E-state index contributed by atoms with van der Waals surface area (Å²) in [6.45, 7) is 5.36. The summed E-state index contributed by atoms with van der Waals surface area (Å²) in [6.07, 6.45) is 42.1. The highest BCUT2D eigenvalue weighted by Gasteiger charge is 2.13. The molecule has 0 radical (unpaired) electrons. The highest BCUT2D eigenvalue weighted by molar-refractivity contribution is 5.94. The molecule has 1 rings (SSSR count). The van der Waals surface area contributed by atoms with Crippen LogP contribution in [-0.4, -0.2) is 30.1 Å². The van der Waals surface area contributed by atoms with E-state index in [0.29, 0.717) is 24.3 Å². The van der Waals surface area contributed by atoms with E-state index in [4.69, 9.17) is 9.47 Å². The summed E-state index contributed by atoms with van der Waals surface area (Å²) >= 11 is 0. The van der Waals surface area contributed by atoms with Crippen LogP contribution in [-0.2, 0) is 9.47 Å². The molecule has 0 bridgehead atoms. The number of pyridine rings is 1. The van der Waals surface area contributed by atoms with Crippen LogP contribution in [0.15, 0.2) is 18.5 Å². The first-order valence-corrected chi connectivity index (χ1v) is 20.0. The highest BCUT2D eigenvalue weighted by atomic mass is 16.5. The number of hydrogen-bond donors (Lipinski definition) is 0. The third kappa shape index (κ3) is 26.2. The summed E-state index contributed by atoms with van der Waals surface area (Å²) in [5.41, 5.74) is 0.616. The Morgan fingerprint density at radius 1 is 0.413 bits per heavy atom. The van der Waals surface area contributed by atoms with Crippen LogP contribution >= 0.6 is 0 Å². The fourth-order valence-corrected chi connectivity index (χ4v) is 6.11. The molecule has 0 saturated heterocycles. The molecule has 0 fully saturated rings. The third-order valence-corrected chi connectivity index (χ3v) is 9.17. The van der Waals surface area contributed by atoms with E-state index in [1.54, 1.807) is 0 Å². The standard InChI is InChI=1S/C41H73NO4/c1-3-5-7-9-11-13-15-17-19-21-23-25-27-29-31-33-45-40(43)38-35-39(37-42-36-38)41(44)46-34-32-30-28-26-24-22-20-18-16-14-12-10-8-6-4-2/h35-37H,3-34H2,1-2H3. The molecule has 0 aliphatic heterocycles. The van der Waals surface area contributed by atoms with Crippen LogP contribution in [0.5, 0.6) is 0 Å². The Labute approximate surface area is 284 Å². The van der Waals surface area contributed by atoms with Gasteiger partial charge in [0, 0.05) is 12.4 Å². The number of nitrogens with zero attached hydrogens (tertiary/aromatic N) is 1. The average Bonchev–Trinajstić information content (AvgIpc) is 3.07. The Bertz CT molecular complexity index is 763. The minimum Gasteiger partial charge on any atom is -0.462 e. The van der Waals surface area contributed by atoms with Gasteiger partial charge < -0.3 is 9.47 Å². The van der Waals surface area contributed by atoms with Gasteiger partial charge in [-0.15, -0.1) is 0 Å². The first kappa shape index (κ1) is 42.1. The molecular formula is C41H73NO4. The number of ether oxygens (including phenoxy) is 2. The molecule has 0 spiro atoms. The Morgan fingerprint density at radius 2 is 0.652 bits per heavy atom. The van der Waals surface area contributed by atoms with Gasteiger partial charge in [0.25, 0.3) is 0 Å². The Hall–Kier alpha value is -1.91. The predicted molar refractivity (Wildman–Crippen MR) is 195 cm³/mol. The van der Waals surface area contributed by atoms with Crippen LogP contribution in [0.1, 0.15) is 227 Å². The van der Waals surface area contributed by atoms with Gasteiger partial charge in [0.2, 0.25) is 0 Å². The predicted octanol–water partition coefficient (Wildman–Crippen LogP) is 13.1. The first-order chi connectivity index (χ1) is 22.7. The van der Waals surface area contributed by atoms with Crippen molar-refractivity contribution in [1.82, 2.24) is 4.98 Å². The molecule has 266 valence electrons. The van der Waals surface area contributed by atoms with Crippen LogP contribution in [0, 0.1) is 0 Å². The number of rotatable bonds is 34. The number of carbonyl (C=O) groups is 2. The SMILES string of the molecule is CCCCCCCCCCCCCCCCCOC(=O)c1cncc(C(=O)OCCCCCCCCCCCCCCCCC)c1. The van der Waals surface area contributed by atoms with Crippen LogP contribution in [0.2, 0.25) is 0 Å². The van der Waals surface area contributed by atoms with Crippen molar-refractivity contribution in [3.63, 3.8) is 0 Å². The highest BCUT2D eigenvalue weighted by Crippen LogP contribution is 2.15. The monoisotopic (exact) mass is 644 g/mol. The van der Waals surface area contributed by atoms with E-state index in [1.807, 2.05) is 0 Å². The Balaban J connectivity index is 1.97. The lowest BCUT2D eigenvalue weighted by Gasteiger charge is -2.07. The van der Waals surface area contributed by atoms with E-state index in [0.717, 1.165) is 25.7 Å². The van der Waals surface area contributed by atoms with Crippen molar-refractivity contribution in [3.05, 3.63) is 29.6 Å². The maximum absolute atomic E-state index is 12.5. The lowest BCUT2D eigenvalue weighted by molar-refractivity contribution is 0.0495. The van der Waals surface area contributed by atoms with Crippen LogP contribution in [0.4, 0.5) is 0 Å². The van der Waals surface area contributed by atoms with Crippen LogP contribution < -0.4 is 0 Å². The number of carbonyl (C=O) groups excluding carboxylic acids is 2. The van der Waals surface area contributed by atoms with E-state index in [-0.39, 0.29) is 0 Å². The van der Waals surface area contributed by atoms with Crippen molar-refractivity contribution < 1.29 is 19.1 Å². The molecule has 0 aliphatic rings. The fourth-order valence-electron chi connectivity index (χ4n) is 6.11. The normalized spacial score (nSPS) is 11.2. The van der Waals surface area contributed by atoms with E-state index in [1.165, 1.54) is 185 Å². The number of hydrogen-bond acceptors (Lipinski definition) is 5. The van der Waals surface area contributed by atoms with E-state index in [9.17, 15) is 9.59 Å². The van der Waals surface area contributed by atoms with Gasteiger partial charge in [-0.1, -0.05) is 194 Å². The van der Waals surface area contributed by atoms with Crippen molar-refractivity contribution in [2.75, 3.05) is 13.2 Å². The van der Waals surface area contributed by atoms with Crippen LogP contribution in [0.25, 0.3) is 0 Å². The van der Waals surface area contributed by atoms with Crippen molar-refractivity contribution in [2.45, 2.75) is 206 Å². The molecule has 46 heavy (non-hydrogen) atoms. The summed E-state index contributed by atoms with van der Waals surface area (Å²) in [6, 6.07) is 1.54. The second-order valence-electron chi connectivity index (χ2n) is 13.6. The molecule has 0 aromatic carbocycles.